The van der Waals surface area contributed by atoms with Crippen LogP contribution in [0.4, 0.5) is 19.1 Å². The number of ether oxygens (including phenoxy) is 1. The Kier molecular flexibility index (Phi) is 5.77. The second kappa shape index (κ2) is 8.60. The Morgan fingerprint density at radius 2 is 1.97 bits per heavy atom. The van der Waals surface area contributed by atoms with Gasteiger partial charge in [0.15, 0.2) is 0 Å². The van der Waals surface area contributed by atoms with E-state index in [0.29, 0.717) is 26.1 Å². The topological polar surface area (TPSA) is 89.5 Å². The van der Waals surface area contributed by atoms with Crippen LogP contribution >= 0.6 is 0 Å². The van der Waals surface area contributed by atoms with Gasteiger partial charge in [-0.3, -0.25) is 4.68 Å². The van der Waals surface area contributed by atoms with Crippen LogP contribution in [0.3, 0.4) is 0 Å². The maximum Gasteiger partial charge on any atom is 0.391 e. The summed E-state index contributed by atoms with van der Waals surface area (Å²) >= 11 is 0. The van der Waals surface area contributed by atoms with Crippen LogP contribution in [0.25, 0.3) is 16.6 Å². The van der Waals surface area contributed by atoms with Crippen molar-refractivity contribution in [3.8, 4) is 11.1 Å². The second-order valence-electron chi connectivity index (χ2n) is 9.13. The van der Waals surface area contributed by atoms with Crippen LogP contribution in [0.15, 0.2) is 24.7 Å². The van der Waals surface area contributed by atoms with Crippen molar-refractivity contribution in [2.75, 3.05) is 18.5 Å². The number of aliphatic hydroxyl groups is 1. The van der Waals surface area contributed by atoms with E-state index in [4.69, 9.17) is 4.74 Å². The molecule has 178 valence electrons. The molecule has 4 heterocycles. The maximum absolute atomic E-state index is 12.8. The molecule has 0 unspecified atom stereocenters. The van der Waals surface area contributed by atoms with Crippen molar-refractivity contribution in [1.29, 1.82) is 0 Å². The average molecular weight is 464 g/mol. The van der Waals surface area contributed by atoms with Gasteiger partial charge < -0.3 is 15.2 Å². The van der Waals surface area contributed by atoms with Crippen LogP contribution in [0.1, 0.15) is 56.7 Å². The van der Waals surface area contributed by atoms with Gasteiger partial charge in [-0.15, -0.1) is 5.10 Å². The van der Waals surface area contributed by atoms with Crippen molar-refractivity contribution < 1.29 is 23.0 Å². The van der Waals surface area contributed by atoms with Crippen molar-refractivity contribution in [2.45, 2.75) is 69.3 Å². The molecule has 1 saturated heterocycles. The highest BCUT2D eigenvalue weighted by atomic mass is 19.4. The van der Waals surface area contributed by atoms with E-state index in [1.54, 1.807) is 16.9 Å². The quantitative estimate of drug-likeness (QED) is 0.575. The van der Waals surface area contributed by atoms with Gasteiger partial charge in [-0.2, -0.15) is 18.3 Å². The molecular weight excluding hydrogens is 437 g/mol. The Hall–Kier alpha value is -2.66. The summed E-state index contributed by atoms with van der Waals surface area (Å²) < 4.78 is 47.2. The minimum absolute atomic E-state index is 0.154. The Bertz CT molecular complexity index is 1120. The molecule has 1 saturated carbocycles. The van der Waals surface area contributed by atoms with Crippen LogP contribution in [0.2, 0.25) is 0 Å². The fourth-order valence-electron chi connectivity index (χ4n) is 4.65. The Labute approximate surface area is 188 Å². The third-order valence-electron chi connectivity index (χ3n) is 6.48. The number of aliphatic hydroxyl groups excluding tert-OH is 1. The van der Waals surface area contributed by atoms with Gasteiger partial charge >= 0.3 is 6.18 Å². The predicted octanol–water partition coefficient (Wildman–Crippen LogP) is 3.94. The first-order valence-corrected chi connectivity index (χ1v) is 11.3. The van der Waals surface area contributed by atoms with Crippen molar-refractivity contribution in [2.24, 2.45) is 0 Å². The molecule has 33 heavy (non-hydrogen) atoms. The largest absolute Gasteiger partial charge is 0.393 e. The minimum atomic E-state index is -4.27. The van der Waals surface area contributed by atoms with Gasteiger partial charge in [0.1, 0.15) is 0 Å². The lowest BCUT2D eigenvalue weighted by atomic mass is 9.85. The first-order valence-electron chi connectivity index (χ1n) is 11.3. The highest BCUT2D eigenvalue weighted by Gasteiger charge is 2.31. The van der Waals surface area contributed by atoms with Crippen LogP contribution < -0.4 is 5.32 Å². The lowest BCUT2D eigenvalue weighted by Crippen LogP contribution is -2.30. The summed E-state index contributed by atoms with van der Waals surface area (Å²) in [5, 5.41) is 21.8. The van der Waals surface area contributed by atoms with Gasteiger partial charge in [0.25, 0.3) is 0 Å². The standard InChI is InChI=1S/C22H27F3N6O2/c1-13(7-22(23,24)25)28-21-26-9-20-18(15-8-27-30(10-15)16-11-33-12-16)6-19(31(20)29-21)14-2-4-17(32)5-3-14/h6,8-10,13-14,16-17,32H,2-5,7,11-12H2,1H3,(H,28,29)/t13-,14?,17?/m0/s1. The third kappa shape index (κ3) is 4.70. The molecule has 2 aliphatic rings. The first kappa shape index (κ1) is 22.1. The summed E-state index contributed by atoms with van der Waals surface area (Å²) in [6.45, 7) is 2.74. The van der Waals surface area contributed by atoms with Gasteiger partial charge in [-0.25, -0.2) is 9.50 Å². The summed E-state index contributed by atoms with van der Waals surface area (Å²) in [4.78, 5) is 4.31. The number of halogens is 3. The fraction of sp³-hybridized carbons (Fsp3) is 0.591. The van der Waals surface area contributed by atoms with Crippen molar-refractivity contribution in [3.63, 3.8) is 0 Å². The average Bonchev–Trinajstić information content (AvgIpc) is 3.30. The molecule has 11 heteroatoms. The number of nitrogens with one attached hydrogen (secondary N) is 1. The summed E-state index contributed by atoms with van der Waals surface area (Å²) in [7, 11) is 0. The fourth-order valence-corrected chi connectivity index (χ4v) is 4.65. The van der Waals surface area contributed by atoms with Gasteiger partial charge in [0.2, 0.25) is 5.95 Å². The molecule has 1 aliphatic carbocycles. The maximum atomic E-state index is 12.8. The summed E-state index contributed by atoms with van der Waals surface area (Å²) in [5.74, 6) is 0.348. The third-order valence-corrected chi connectivity index (χ3v) is 6.48. The molecule has 0 spiro atoms. The number of rotatable bonds is 6. The minimum Gasteiger partial charge on any atom is -0.393 e. The Morgan fingerprint density at radius 3 is 2.64 bits per heavy atom. The normalized spacial score (nSPS) is 22.9. The van der Waals surface area contributed by atoms with Crippen molar-refractivity contribution in [1.82, 2.24) is 24.4 Å². The van der Waals surface area contributed by atoms with E-state index in [2.05, 4.69) is 26.6 Å². The van der Waals surface area contributed by atoms with E-state index in [-0.39, 0.29) is 24.0 Å². The molecule has 0 radical (unpaired) electrons. The van der Waals surface area contributed by atoms with Gasteiger partial charge in [0, 0.05) is 35.0 Å². The molecule has 1 aliphatic heterocycles. The zero-order valence-corrected chi connectivity index (χ0v) is 18.3. The molecule has 5 rings (SSSR count). The molecule has 3 aromatic heterocycles. The molecule has 0 amide bonds. The lowest BCUT2D eigenvalue weighted by Gasteiger charge is -2.25. The SMILES string of the molecule is C[C@@H](CC(F)(F)F)Nc1ncc2c(-c3cnn(C4COC4)c3)cc(C3CCC(O)CC3)n2n1. The number of alkyl halides is 3. The van der Waals surface area contributed by atoms with Gasteiger partial charge in [0.05, 0.1) is 49.7 Å². The van der Waals surface area contributed by atoms with Crippen LogP contribution in [-0.2, 0) is 4.74 Å². The van der Waals surface area contributed by atoms with Crippen LogP contribution in [0.5, 0.6) is 0 Å². The van der Waals surface area contributed by atoms with Crippen LogP contribution in [0, 0.1) is 0 Å². The number of anilines is 1. The summed E-state index contributed by atoms with van der Waals surface area (Å²) in [6, 6.07) is 1.45. The number of nitrogens with zero attached hydrogens (tertiary/aromatic N) is 5. The van der Waals surface area contributed by atoms with Crippen molar-refractivity contribution >= 4 is 11.5 Å². The van der Waals surface area contributed by atoms with Gasteiger partial charge in [-0.1, -0.05) is 0 Å². The number of hydrogen-bond donors (Lipinski definition) is 2. The molecule has 0 aromatic carbocycles. The molecule has 3 aromatic rings. The number of hydrogen-bond acceptors (Lipinski definition) is 6. The molecule has 2 N–H and O–H groups in total. The molecule has 2 fully saturated rings. The first-order chi connectivity index (χ1) is 15.8. The molecule has 0 bridgehead atoms. The number of fused-ring (bicyclic) bond motifs is 1. The highest BCUT2D eigenvalue weighted by molar-refractivity contribution is 5.81. The van der Waals surface area contributed by atoms with Gasteiger partial charge in [-0.05, 0) is 38.7 Å². The zero-order chi connectivity index (χ0) is 23.2. The Morgan fingerprint density at radius 1 is 1.21 bits per heavy atom. The zero-order valence-electron chi connectivity index (χ0n) is 18.3. The predicted molar refractivity (Wildman–Crippen MR) is 115 cm³/mol. The lowest BCUT2D eigenvalue weighted by molar-refractivity contribution is -0.136. The van der Waals surface area contributed by atoms with E-state index in [1.165, 1.54) is 6.92 Å². The van der Waals surface area contributed by atoms with E-state index >= 15 is 0 Å². The molecule has 1 atom stereocenters. The monoisotopic (exact) mass is 464 g/mol. The number of aromatic nitrogens is 5. The summed E-state index contributed by atoms with van der Waals surface area (Å²) in [6.07, 6.45) is 2.98. The summed E-state index contributed by atoms with van der Waals surface area (Å²) in [5.41, 5.74) is 3.60. The van der Waals surface area contributed by atoms with Crippen LogP contribution in [-0.4, -0.2) is 61.0 Å². The van der Waals surface area contributed by atoms with E-state index in [1.807, 2.05) is 10.9 Å². The molecular formula is C22H27F3N6O2. The smallest absolute Gasteiger partial charge is 0.391 e. The highest BCUT2D eigenvalue weighted by Crippen LogP contribution is 2.38. The Balaban J connectivity index is 1.50. The molecule has 8 nitrogen and oxygen atoms in total. The van der Waals surface area contributed by atoms with E-state index in [0.717, 1.165) is 35.2 Å². The van der Waals surface area contributed by atoms with E-state index < -0.39 is 18.6 Å². The second-order valence-corrected chi connectivity index (χ2v) is 9.13. The van der Waals surface area contributed by atoms with E-state index in [9.17, 15) is 18.3 Å². The van der Waals surface area contributed by atoms with Crippen molar-refractivity contribution in [3.05, 3.63) is 30.4 Å².